The molecule has 2 unspecified atom stereocenters. The van der Waals surface area contributed by atoms with Crippen LogP contribution in [0, 0.1) is 5.92 Å². The molecule has 0 aliphatic carbocycles. The van der Waals surface area contributed by atoms with Gasteiger partial charge in [-0.05, 0) is 32.4 Å². The van der Waals surface area contributed by atoms with Crippen molar-refractivity contribution in [1.82, 2.24) is 0 Å². The van der Waals surface area contributed by atoms with Gasteiger partial charge in [-0.25, -0.2) is 0 Å². The maximum Gasteiger partial charge on any atom is 0.325 e. The molecule has 1 aromatic rings. The Bertz CT molecular complexity index is 519. The molecule has 140 valence electrons. The summed E-state index contributed by atoms with van der Waals surface area (Å²) >= 11 is 0. The number of hydrogen-bond acceptors (Lipinski definition) is 4. The zero-order valence-electron chi connectivity index (χ0n) is 15.2. The van der Waals surface area contributed by atoms with Crippen LogP contribution in [0.4, 0.5) is 5.69 Å². The molecule has 1 aromatic carbocycles. The van der Waals surface area contributed by atoms with E-state index in [0.29, 0.717) is 25.3 Å². The normalized spacial score (nSPS) is 13.4. The molecule has 2 atom stereocenters. The zero-order chi connectivity index (χ0) is 18.7. The van der Waals surface area contributed by atoms with Crippen LogP contribution in [0.25, 0.3) is 0 Å². The Kier molecular flexibility index (Phi) is 10.1. The van der Waals surface area contributed by atoms with Gasteiger partial charge in [-0.15, -0.1) is 0 Å². The molecule has 0 heterocycles. The Morgan fingerprint density at radius 1 is 1.12 bits per heavy atom. The predicted octanol–water partition coefficient (Wildman–Crippen LogP) is 3.18. The molecule has 6 nitrogen and oxygen atoms in total. The van der Waals surface area contributed by atoms with E-state index in [0.717, 1.165) is 6.42 Å². The first kappa shape index (κ1) is 21.3. The number of anilines is 1. The molecule has 0 saturated carbocycles. The quantitative estimate of drug-likeness (QED) is 0.554. The number of carbonyl (C=O) groups is 2. The van der Waals surface area contributed by atoms with E-state index < -0.39 is 21.2 Å². The van der Waals surface area contributed by atoms with Gasteiger partial charge >= 0.3 is 15.3 Å². The van der Waals surface area contributed by atoms with E-state index in [-0.39, 0.29) is 17.9 Å². The third-order valence-electron chi connectivity index (χ3n) is 3.93. The molecule has 0 spiro atoms. The van der Waals surface area contributed by atoms with Gasteiger partial charge in [0.05, 0.1) is 5.92 Å². The average molecular weight is 368 g/mol. The summed E-state index contributed by atoms with van der Waals surface area (Å²) in [4.78, 5) is 24.2. The molecule has 0 saturated heterocycles. The zero-order valence-corrected chi connectivity index (χ0v) is 16.4. The van der Waals surface area contributed by atoms with Gasteiger partial charge in [0.15, 0.2) is 0 Å². The molecule has 0 fully saturated rings. The largest absolute Gasteiger partial charge is 0.481 e. The molecule has 7 heteroatoms. The Labute approximate surface area is 151 Å². The van der Waals surface area contributed by atoms with E-state index in [1.165, 1.54) is 0 Å². The van der Waals surface area contributed by atoms with Gasteiger partial charge < -0.3 is 19.3 Å². The molecule has 2 N–H and O–H groups in total. The second kappa shape index (κ2) is 11.8. The summed E-state index contributed by atoms with van der Waals surface area (Å²) in [6, 6.07) is 9.03. The monoisotopic (exact) mass is 367 g/mol. The highest BCUT2D eigenvalue weighted by Gasteiger charge is 2.38. The molecule has 1 rings (SSSR count). The second-order valence-electron chi connectivity index (χ2n) is 5.79. The Hall–Kier alpha value is -1.70. The number of rotatable bonds is 12. The standard InChI is InChI=1S/C18H29NO5Si/c1-4-10-16(25(23-5-2)24-6-3)15(18(21)22)13-17(20)19-14-11-8-7-9-12-14/h7-9,11-12,15-16,25H,4-6,10,13H2,1-3H3,(H,19,20)(H,21,22). The van der Waals surface area contributed by atoms with E-state index in [9.17, 15) is 14.7 Å². The number of hydrogen-bond donors (Lipinski definition) is 2. The van der Waals surface area contributed by atoms with Crippen LogP contribution in [0.2, 0.25) is 5.54 Å². The van der Waals surface area contributed by atoms with Crippen molar-refractivity contribution in [1.29, 1.82) is 0 Å². The van der Waals surface area contributed by atoms with Crippen LogP contribution < -0.4 is 5.32 Å². The van der Waals surface area contributed by atoms with Gasteiger partial charge in [-0.2, -0.15) is 0 Å². The minimum atomic E-state index is -2.18. The van der Waals surface area contributed by atoms with Crippen LogP contribution in [0.15, 0.2) is 30.3 Å². The summed E-state index contributed by atoms with van der Waals surface area (Å²) in [6.07, 6.45) is 1.41. The molecule has 0 aliphatic heterocycles. The van der Waals surface area contributed by atoms with Gasteiger partial charge in [-0.3, -0.25) is 9.59 Å². The fourth-order valence-electron chi connectivity index (χ4n) is 2.84. The minimum Gasteiger partial charge on any atom is -0.481 e. The summed E-state index contributed by atoms with van der Waals surface area (Å²) < 4.78 is 11.5. The van der Waals surface area contributed by atoms with Crippen molar-refractivity contribution in [3.8, 4) is 0 Å². The summed E-state index contributed by atoms with van der Waals surface area (Å²) in [7, 11) is -2.18. The fraction of sp³-hybridized carbons (Fsp3) is 0.556. The van der Waals surface area contributed by atoms with Crippen molar-refractivity contribution in [3.63, 3.8) is 0 Å². The van der Waals surface area contributed by atoms with Gasteiger partial charge in [-0.1, -0.05) is 31.5 Å². The lowest BCUT2D eigenvalue weighted by Crippen LogP contribution is -2.38. The summed E-state index contributed by atoms with van der Waals surface area (Å²) in [5.74, 6) is -2.09. The van der Waals surface area contributed by atoms with Crippen LogP contribution >= 0.6 is 0 Å². The third-order valence-corrected chi connectivity index (χ3v) is 6.75. The van der Waals surface area contributed by atoms with E-state index >= 15 is 0 Å². The fourth-order valence-corrected chi connectivity index (χ4v) is 5.37. The smallest absolute Gasteiger partial charge is 0.325 e. The summed E-state index contributed by atoms with van der Waals surface area (Å²) in [5.41, 5.74) is 0.413. The van der Waals surface area contributed by atoms with Crippen molar-refractivity contribution in [2.24, 2.45) is 5.92 Å². The highest BCUT2D eigenvalue weighted by molar-refractivity contribution is 6.47. The summed E-state index contributed by atoms with van der Waals surface area (Å²) in [5, 5.41) is 12.5. The van der Waals surface area contributed by atoms with Crippen LogP contribution in [0.5, 0.6) is 0 Å². The number of benzene rings is 1. The summed E-state index contributed by atoms with van der Waals surface area (Å²) in [6.45, 7) is 6.72. The maximum atomic E-state index is 12.3. The molecule has 25 heavy (non-hydrogen) atoms. The molecular formula is C18H29NO5Si. The first-order valence-corrected chi connectivity index (χ1v) is 10.4. The van der Waals surface area contributed by atoms with Gasteiger partial charge in [0, 0.05) is 30.9 Å². The Morgan fingerprint density at radius 3 is 2.20 bits per heavy atom. The molecule has 0 radical (unpaired) electrons. The van der Waals surface area contributed by atoms with E-state index in [1.807, 2.05) is 39.0 Å². The number of amides is 1. The van der Waals surface area contributed by atoms with E-state index in [1.54, 1.807) is 12.1 Å². The lowest BCUT2D eigenvalue weighted by atomic mass is 9.97. The first-order valence-electron chi connectivity index (χ1n) is 8.84. The van der Waals surface area contributed by atoms with Crippen LogP contribution in [-0.4, -0.2) is 39.5 Å². The lowest BCUT2D eigenvalue weighted by molar-refractivity contribution is -0.144. The maximum absolute atomic E-state index is 12.3. The lowest BCUT2D eigenvalue weighted by Gasteiger charge is -2.29. The number of carboxylic acid groups (broad SMARTS) is 1. The number of aliphatic carboxylic acids is 1. The number of carboxylic acids is 1. The average Bonchev–Trinajstić information content (AvgIpc) is 2.58. The third kappa shape index (κ3) is 7.37. The minimum absolute atomic E-state index is 0.0848. The van der Waals surface area contributed by atoms with Gasteiger partial charge in [0.1, 0.15) is 0 Å². The highest BCUT2D eigenvalue weighted by Crippen LogP contribution is 2.32. The van der Waals surface area contributed by atoms with Crippen LogP contribution in [0.1, 0.15) is 40.0 Å². The SMILES string of the molecule is CCCC(C(CC(=O)Nc1ccccc1)C(=O)O)[SiH](OCC)OCC. The van der Waals surface area contributed by atoms with Crippen molar-refractivity contribution >= 4 is 26.8 Å². The number of carbonyl (C=O) groups excluding carboxylic acids is 1. The topological polar surface area (TPSA) is 84.9 Å². The number of para-hydroxylation sites is 1. The van der Waals surface area contributed by atoms with Crippen molar-refractivity contribution in [2.75, 3.05) is 18.5 Å². The highest BCUT2D eigenvalue weighted by atomic mass is 28.3. The number of nitrogens with one attached hydrogen (secondary N) is 1. The van der Waals surface area contributed by atoms with Crippen molar-refractivity contribution < 1.29 is 23.5 Å². The molecule has 0 bridgehead atoms. The molecule has 0 aliphatic rings. The van der Waals surface area contributed by atoms with Crippen molar-refractivity contribution in [3.05, 3.63) is 30.3 Å². The molecular weight excluding hydrogens is 338 g/mol. The van der Waals surface area contributed by atoms with E-state index in [2.05, 4.69) is 5.32 Å². The van der Waals surface area contributed by atoms with Crippen LogP contribution in [0.3, 0.4) is 0 Å². The Morgan fingerprint density at radius 2 is 1.72 bits per heavy atom. The first-order chi connectivity index (χ1) is 12.0. The Balaban J connectivity index is 2.88. The predicted molar refractivity (Wildman–Crippen MR) is 99.9 cm³/mol. The van der Waals surface area contributed by atoms with Crippen molar-refractivity contribution in [2.45, 2.75) is 45.6 Å². The molecule has 1 amide bonds. The van der Waals surface area contributed by atoms with E-state index in [4.69, 9.17) is 8.85 Å². The molecule has 0 aromatic heterocycles. The van der Waals surface area contributed by atoms with Gasteiger partial charge in [0.25, 0.3) is 0 Å². The second-order valence-corrected chi connectivity index (χ2v) is 8.05. The van der Waals surface area contributed by atoms with Crippen LogP contribution in [-0.2, 0) is 18.4 Å². The van der Waals surface area contributed by atoms with Gasteiger partial charge in [0.2, 0.25) is 5.91 Å².